The molecule has 0 bridgehead atoms. The van der Waals surface area contributed by atoms with Gasteiger partial charge in [0.1, 0.15) is 0 Å². The molecule has 0 aliphatic heterocycles. The van der Waals surface area contributed by atoms with Crippen LogP contribution in [0.4, 0.5) is 5.69 Å². The smallest absolute Gasteiger partial charge is 0.239 e. The molecule has 0 unspecified atom stereocenters. The number of anilines is 1. The number of hydrogen-bond acceptors (Lipinski definition) is 3. The van der Waals surface area contributed by atoms with Crippen molar-refractivity contribution < 1.29 is 13.2 Å². The van der Waals surface area contributed by atoms with Crippen molar-refractivity contribution in [2.24, 2.45) is 0 Å². The summed E-state index contributed by atoms with van der Waals surface area (Å²) in [5, 5.41) is 2.76. The average Bonchev–Trinajstić information content (AvgIpc) is 3.06. The molecule has 1 aliphatic rings. The molecule has 0 saturated heterocycles. The van der Waals surface area contributed by atoms with E-state index in [1.54, 1.807) is 0 Å². The van der Waals surface area contributed by atoms with Gasteiger partial charge in [0.05, 0.1) is 12.8 Å². The minimum atomic E-state index is -3.33. The van der Waals surface area contributed by atoms with Gasteiger partial charge in [0.15, 0.2) is 0 Å². The van der Waals surface area contributed by atoms with Gasteiger partial charge in [0, 0.05) is 11.7 Å². The van der Waals surface area contributed by atoms with Gasteiger partial charge >= 0.3 is 0 Å². The summed E-state index contributed by atoms with van der Waals surface area (Å²) in [6.07, 6.45) is 2.82. The van der Waals surface area contributed by atoms with E-state index in [-0.39, 0.29) is 18.5 Å². The molecular formula is C14H20N2O3S. The Morgan fingerprint density at radius 1 is 1.25 bits per heavy atom. The molecule has 0 atom stereocenters. The molecular weight excluding hydrogens is 276 g/mol. The predicted molar refractivity (Wildman–Crippen MR) is 79.1 cm³/mol. The van der Waals surface area contributed by atoms with Crippen molar-refractivity contribution in [1.29, 1.82) is 0 Å². The van der Waals surface area contributed by atoms with Gasteiger partial charge in [-0.2, -0.15) is 4.31 Å². The number of carbonyl (C=O) groups is 1. The fraction of sp³-hybridized carbons (Fsp3) is 0.500. The van der Waals surface area contributed by atoms with E-state index in [2.05, 4.69) is 5.32 Å². The third-order valence-corrected chi connectivity index (χ3v) is 4.46. The van der Waals surface area contributed by atoms with Crippen molar-refractivity contribution in [3.8, 4) is 0 Å². The van der Waals surface area contributed by atoms with Crippen molar-refractivity contribution in [1.82, 2.24) is 4.31 Å². The molecule has 1 amide bonds. The Morgan fingerprint density at radius 2 is 1.80 bits per heavy atom. The highest BCUT2D eigenvalue weighted by atomic mass is 32.2. The summed E-state index contributed by atoms with van der Waals surface area (Å²) >= 11 is 0. The molecule has 1 aromatic rings. The predicted octanol–water partition coefficient (Wildman–Crippen LogP) is 1.67. The molecule has 0 aromatic heterocycles. The molecule has 2 rings (SSSR count). The van der Waals surface area contributed by atoms with Crippen LogP contribution in [0.15, 0.2) is 18.2 Å². The zero-order chi connectivity index (χ0) is 14.9. The third kappa shape index (κ3) is 4.05. The summed E-state index contributed by atoms with van der Waals surface area (Å²) in [5.74, 6) is -0.299. The maximum Gasteiger partial charge on any atom is 0.239 e. The van der Waals surface area contributed by atoms with E-state index in [1.807, 2.05) is 32.0 Å². The molecule has 6 heteroatoms. The maximum atomic E-state index is 12.0. The molecule has 1 aliphatic carbocycles. The van der Waals surface area contributed by atoms with Gasteiger partial charge in [-0.3, -0.25) is 4.79 Å². The number of aryl methyl sites for hydroxylation is 2. The normalized spacial score (nSPS) is 15.4. The van der Waals surface area contributed by atoms with Crippen molar-refractivity contribution in [2.75, 3.05) is 18.1 Å². The first-order chi connectivity index (χ1) is 9.25. The fourth-order valence-electron chi connectivity index (χ4n) is 2.27. The second-order valence-corrected chi connectivity index (χ2v) is 7.40. The van der Waals surface area contributed by atoms with Gasteiger partial charge < -0.3 is 5.32 Å². The molecule has 1 saturated carbocycles. The summed E-state index contributed by atoms with van der Waals surface area (Å²) in [6, 6.07) is 5.75. The first-order valence-corrected chi connectivity index (χ1v) is 8.45. The quantitative estimate of drug-likeness (QED) is 0.898. The zero-order valence-corrected chi connectivity index (χ0v) is 12.8. The number of benzene rings is 1. The van der Waals surface area contributed by atoms with Crippen LogP contribution in [-0.2, 0) is 14.8 Å². The minimum Gasteiger partial charge on any atom is -0.325 e. The summed E-state index contributed by atoms with van der Waals surface area (Å²) < 4.78 is 24.6. The van der Waals surface area contributed by atoms with Crippen LogP contribution in [0.25, 0.3) is 0 Å². The molecule has 5 nitrogen and oxygen atoms in total. The van der Waals surface area contributed by atoms with Crippen LogP contribution in [0, 0.1) is 13.8 Å². The summed E-state index contributed by atoms with van der Waals surface area (Å²) in [5.41, 5.74) is 2.82. The molecule has 0 spiro atoms. The number of hydrogen-bond donors (Lipinski definition) is 1. The Hall–Kier alpha value is -1.40. The van der Waals surface area contributed by atoms with Gasteiger partial charge in [0.25, 0.3) is 0 Å². The SMILES string of the molecule is Cc1cc(C)cc(NC(=O)CN(C2CC2)S(C)(=O)=O)c1. The van der Waals surface area contributed by atoms with Crippen LogP contribution >= 0.6 is 0 Å². The van der Waals surface area contributed by atoms with E-state index in [0.29, 0.717) is 5.69 Å². The van der Waals surface area contributed by atoms with Crippen molar-refractivity contribution in [3.05, 3.63) is 29.3 Å². The van der Waals surface area contributed by atoms with Crippen molar-refractivity contribution >= 4 is 21.6 Å². The largest absolute Gasteiger partial charge is 0.325 e. The monoisotopic (exact) mass is 296 g/mol. The highest BCUT2D eigenvalue weighted by Gasteiger charge is 2.36. The average molecular weight is 296 g/mol. The van der Waals surface area contributed by atoms with E-state index < -0.39 is 10.0 Å². The van der Waals surface area contributed by atoms with Gasteiger partial charge in [-0.25, -0.2) is 8.42 Å². The first-order valence-electron chi connectivity index (χ1n) is 6.60. The lowest BCUT2D eigenvalue weighted by Gasteiger charge is -2.18. The Morgan fingerprint density at radius 3 is 2.25 bits per heavy atom. The van der Waals surface area contributed by atoms with Crippen LogP contribution in [0.3, 0.4) is 0 Å². The fourth-order valence-corrected chi connectivity index (χ4v) is 3.37. The highest BCUT2D eigenvalue weighted by molar-refractivity contribution is 7.88. The van der Waals surface area contributed by atoms with Gasteiger partial charge in [0.2, 0.25) is 15.9 Å². The molecule has 110 valence electrons. The third-order valence-electron chi connectivity index (χ3n) is 3.19. The summed E-state index contributed by atoms with van der Waals surface area (Å²) in [7, 11) is -3.33. The second kappa shape index (κ2) is 5.54. The number of carbonyl (C=O) groups excluding carboxylic acids is 1. The van der Waals surface area contributed by atoms with Crippen molar-refractivity contribution in [2.45, 2.75) is 32.7 Å². The van der Waals surface area contributed by atoms with Crippen molar-refractivity contribution in [3.63, 3.8) is 0 Å². The van der Waals surface area contributed by atoms with Crippen LogP contribution in [0.5, 0.6) is 0 Å². The zero-order valence-electron chi connectivity index (χ0n) is 12.0. The Kier molecular flexibility index (Phi) is 4.15. The standard InChI is InChI=1S/C14H20N2O3S/c1-10-6-11(2)8-12(7-10)15-14(17)9-16(13-4-5-13)20(3,18)19/h6-8,13H,4-5,9H2,1-3H3,(H,15,17). The van der Waals surface area contributed by atoms with E-state index in [0.717, 1.165) is 30.2 Å². The number of nitrogens with zero attached hydrogens (tertiary/aromatic N) is 1. The topological polar surface area (TPSA) is 66.5 Å². The molecule has 1 aromatic carbocycles. The molecule has 0 heterocycles. The molecule has 20 heavy (non-hydrogen) atoms. The number of rotatable bonds is 5. The van der Waals surface area contributed by atoms with E-state index in [4.69, 9.17) is 0 Å². The molecule has 0 radical (unpaired) electrons. The number of nitrogens with one attached hydrogen (secondary N) is 1. The molecule has 1 N–H and O–H groups in total. The highest BCUT2D eigenvalue weighted by Crippen LogP contribution is 2.28. The van der Waals surface area contributed by atoms with Gasteiger partial charge in [-0.15, -0.1) is 0 Å². The van der Waals surface area contributed by atoms with Crippen LogP contribution in [-0.4, -0.2) is 37.5 Å². The van der Waals surface area contributed by atoms with Crippen LogP contribution in [0.2, 0.25) is 0 Å². The summed E-state index contributed by atoms with van der Waals surface area (Å²) in [6.45, 7) is 3.79. The minimum absolute atomic E-state index is 0.00463. The lowest BCUT2D eigenvalue weighted by Crippen LogP contribution is -2.38. The van der Waals surface area contributed by atoms with E-state index in [9.17, 15) is 13.2 Å². The Balaban J connectivity index is 2.04. The maximum absolute atomic E-state index is 12.0. The molecule has 1 fully saturated rings. The van der Waals surface area contributed by atoms with Crippen LogP contribution < -0.4 is 5.32 Å². The Bertz CT molecular complexity index is 601. The number of sulfonamides is 1. The number of amides is 1. The second-order valence-electron chi connectivity index (χ2n) is 5.46. The van der Waals surface area contributed by atoms with E-state index in [1.165, 1.54) is 4.31 Å². The first kappa shape index (κ1) is 15.0. The van der Waals surface area contributed by atoms with E-state index >= 15 is 0 Å². The van der Waals surface area contributed by atoms with Crippen LogP contribution in [0.1, 0.15) is 24.0 Å². The lowest BCUT2D eigenvalue weighted by atomic mass is 10.1. The van der Waals surface area contributed by atoms with Gasteiger partial charge in [-0.05, 0) is 49.9 Å². The van der Waals surface area contributed by atoms with Gasteiger partial charge in [-0.1, -0.05) is 6.07 Å². The Labute approximate surface area is 120 Å². The lowest BCUT2D eigenvalue weighted by molar-refractivity contribution is -0.116. The summed E-state index contributed by atoms with van der Waals surface area (Å²) in [4.78, 5) is 12.0.